The van der Waals surface area contributed by atoms with Gasteiger partial charge in [-0.2, -0.15) is 0 Å². The quantitative estimate of drug-likeness (QED) is 0.209. The predicted molar refractivity (Wildman–Crippen MR) is 142 cm³/mol. The molecule has 2 aromatic carbocycles. The van der Waals surface area contributed by atoms with Crippen LogP contribution in [0.2, 0.25) is 0 Å². The smallest absolute Gasteiger partial charge is 0.338 e. The van der Waals surface area contributed by atoms with Crippen LogP contribution in [-0.2, 0) is 9.53 Å². The van der Waals surface area contributed by atoms with Gasteiger partial charge in [0.25, 0.3) is 11.2 Å². The molecule has 0 aliphatic carbocycles. The second kappa shape index (κ2) is 10.1. The van der Waals surface area contributed by atoms with Crippen LogP contribution in [0, 0.1) is 17.0 Å². The number of nitro benzene ring substituents is 1. The summed E-state index contributed by atoms with van der Waals surface area (Å²) in [5.74, 6) is 0.464. The summed E-state index contributed by atoms with van der Waals surface area (Å²) in [7, 11) is 0. The van der Waals surface area contributed by atoms with E-state index >= 15 is 0 Å². The summed E-state index contributed by atoms with van der Waals surface area (Å²) in [5, 5.41) is 11.1. The minimum absolute atomic E-state index is 0.00425. The number of rotatable bonds is 6. The number of benzene rings is 2. The van der Waals surface area contributed by atoms with Crippen molar-refractivity contribution in [2.24, 2.45) is 4.99 Å². The lowest BCUT2D eigenvalue weighted by molar-refractivity contribution is -0.384. The molecule has 0 saturated heterocycles. The van der Waals surface area contributed by atoms with Crippen LogP contribution in [0.1, 0.15) is 36.8 Å². The fraction of sp³-hybridized carbons (Fsp3) is 0.179. The summed E-state index contributed by atoms with van der Waals surface area (Å²) < 4.78 is 13.2. The van der Waals surface area contributed by atoms with Crippen LogP contribution < -0.4 is 14.9 Å². The van der Waals surface area contributed by atoms with Gasteiger partial charge in [-0.1, -0.05) is 41.7 Å². The van der Waals surface area contributed by atoms with Crippen LogP contribution in [0.25, 0.3) is 17.4 Å². The Morgan fingerprint density at radius 2 is 1.95 bits per heavy atom. The fourth-order valence-electron chi connectivity index (χ4n) is 4.48. The molecule has 9 nitrogen and oxygen atoms in total. The van der Waals surface area contributed by atoms with Gasteiger partial charge in [-0.05, 0) is 50.1 Å². The largest absolute Gasteiger partial charge is 0.463 e. The monoisotopic (exact) mass is 529 g/mol. The van der Waals surface area contributed by atoms with E-state index in [1.165, 1.54) is 28.0 Å². The number of fused-ring (bicyclic) bond motifs is 1. The van der Waals surface area contributed by atoms with E-state index in [4.69, 9.17) is 9.15 Å². The van der Waals surface area contributed by atoms with Gasteiger partial charge < -0.3 is 9.15 Å². The number of aryl methyl sites for hydroxylation is 1. The number of ether oxygens (including phenoxy) is 1. The standard InChI is InChI=1S/C28H23N3O6S/c1-4-36-27(33)24-17(3)29-28-30(25(24)18-8-6-5-7-9-18)26(32)23(38-28)15-20-11-13-22(37-20)21-12-10-19(31(34)35)14-16(21)2/h5-15,25H,4H2,1-3H3/b23-15-/t25-/m0/s1. The second-order valence-electron chi connectivity index (χ2n) is 8.67. The molecule has 0 bridgehead atoms. The van der Waals surface area contributed by atoms with E-state index in [2.05, 4.69) is 4.99 Å². The molecule has 192 valence electrons. The number of carbonyl (C=O) groups excluding carboxylic acids is 1. The van der Waals surface area contributed by atoms with E-state index < -0.39 is 16.9 Å². The van der Waals surface area contributed by atoms with Crippen LogP contribution in [0.3, 0.4) is 0 Å². The molecule has 10 heteroatoms. The van der Waals surface area contributed by atoms with Gasteiger partial charge >= 0.3 is 5.97 Å². The number of nitro groups is 1. The Labute approximate surface area is 220 Å². The van der Waals surface area contributed by atoms with Crippen molar-refractivity contribution < 1.29 is 18.9 Å². The first kappa shape index (κ1) is 25.1. The maximum absolute atomic E-state index is 13.7. The van der Waals surface area contributed by atoms with Crippen molar-refractivity contribution in [1.29, 1.82) is 0 Å². The van der Waals surface area contributed by atoms with Crippen molar-refractivity contribution in [1.82, 2.24) is 4.57 Å². The van der Waals surface area contributed by atoms with Crippen molar-refractivity contribution in [3.8, 4) is 11.3 Å². The van der Waals surface area contributed by atoms with E-state index in [1.54, 1.807) is 45.0 Å². The number of hydrogen-bond donors (Lipinski definition) is 0. The number of furan rings is 1. The minimum atomic E-state index is -0.677. The summed E-state index contributed by atoms with van der Waals surface area (Å²) >= 11 is 1.21. The number of non-ortho nitro benzene ring substituents is 1. The average molecular weight is 530 g/mol. The van der Waals surface area contributed by atoms with Crippen LogP contribution in [0.4, 0.5) is 5.69 Å². The fourth-order valence-corrected chi connectivity index (χ4v) is 5.51. The molecule has 0 amide bonds. The molecular weight excluding hydrogens is 506 g/mol. The number of nitrogens with zero attached hydrogens (tertiary/aromatic N) is 3. The molecule has 0 fully saturated rings. The number of thiazole rings is 1. The molecule has 0 radical (unpaired) electrons. The molecule has 3 heterocycles. The van der Waals surface area contributed by atoms with Gasteiger partial charge in [0.15, 0.2) is 4.80 Å². The molecule has 1 aliphatic heterocycles. The lowest BCUT2D eigenvalue weighted by atomic mass is 9.96. The molecule has 1 aliphatic rings. The van der Waals surface area contributed by atoms with E-state index in [1.807, 2.05) is 30.3 Å². The first-order valence-corrected chi connectivity index (χ1v) is 12.7. The van der Waals surface area contributed by atoms with Crippen molar-refractivity contribution in [2.75, 3.05) is 6.61 Å². The van der Waals surface area contributed by atoms with E-state index in [0.717, 1.165) is 11.1 Å². The topological polar surface area (TPSA) is 117 Å². The first-order valence-electron chi connectivity index (χ1n) is 11.9. The SMILES string of the molecule is CCOC(=O)C1=C(C)N=c2s/c(=C\c3ccc(-c4ccc([N+](=O)[O-])cc4C)o3)c(=O)n2[C@H]1c1ccccc1. The number of carbonyl (C=O) groups is 1. The maximum atomic E-state index is 13.7. The average Bonchev–Trinajstić information content (AvgIpc) is 3.48. The van der Waals surface area contributed by atoms with Crippen LogP contribution in [-0.4, -0.2) is 22.1 Å². The number of esters is 1. The Morgan fingerprint density at radius 3 is 2.63 bits per heavy atom. The van der Waals surface area contributed by atoms with Gasteiger partial charge in [-0.25, -0.2) is 9.79 Å². The lowest BCUT2D eigenvalue weighted by Gasteiger charge is -2.24. The molecule has 4 aromatic rings. The Hall–Kier alpha value is -4.57. The Kier molecular flexibility index (Phi) is 6.64. The molecular formula is C28H23N3O6S. The molecule has 1 atom stereocenters. The Balaban J connectivity index is 1.60. The van der Waals surface area contributed by atoms with Gasteiger partial charge in [0.2, 0.25) is 0 Å². The molecule has 5 rings (SSSR count). The first-order chi connectivity index (χ1) is 18.3. The molecule has 0 unspecified atom stereocenters. The summed E-state index contributed by atoms with van der Waals surface area (Å²) in [6, 6.07) is 16.7. The zero-order valence-electron chi connectivity index (χ0n) is 20.8. The van der Waals surface area contributed by atoms with E-state index in [-0.39, 0.29) is 17.9 Å². The molecule has 0 N–H and O–H groups in total. The third-order valence-electron chi connectivity index (χ3n) is 6.22. The van der Waals surface area contributed by atoms with Gasteiger partial charge in [0.05, 0.1) is 33.4 Å². The summed E-state index contributed by atoms with van der Waals surface area (Å²) in [6.45, 7) is 5.45. The molecule has 2 aromatic heterocycles. The highest BCUT2D eigenvalue weighted by Gasteiger charge is 2.33. The highest BCUT2D eigenvalue weighted by atomic mass is 32.1. The highest BCUT2D eigenvalue weighted by molar-refractivity contribution is 7.07. The third-order valence-corrected chi connectivity index (χ3v) is 7.20. The third kappa shape index (κ3) is 4.50. The number of allylic oxidation sites excluding steroid dienone is 1. The van der Waals surface area contributed by atoms with Crippen LogP contribution in [0.15, 0.2) is 86.1 Å². The van der Waals surface area contributed by atoms with Crippen molar-refractivity contribution in [3.05, 3.63) is 119 Å². The van der Waals surface area contributed by atoms with Gasteiger partial charge in [-0.15, -0.1) is 0 Å². The second-order valence-corrected chi connectivity index (χ2v) is 9.68. The van der Waals surface area contributed by atoms with Crippen molar-refractivity contribution in [2.45, 2.75) is 26.8 Å². The Bertz CT molecular complexity index is 1780. The van der Waals surface area contributed by atoms with Gasteiger partial charge in [0, 0.05) is 23.8 Å². The maximum Gasteiger partial charge on any atom is 0.338 e. The highest BCUT2D eigenvalue weighted by Crippen LogP contribution is 2.31. The van der Waals surface area contributed by atoms with Crippen LogP contribution in [0.5, 0.6) is 0 Å². The summed E-state index contributed by atoms with van der Waals surface area (Å²) in [5.41, 5.74) is 2.71. The predicted octanol–water partition coefficient (Wildman–Crippen LogP) is 4.27. The molecule has 0 saturated carbocycles. The van der Waals surface area contributed by atoms with E-state index in [0.29, 0.717) is 37.7 Å². The van der Waals surface area contributed by atoms with Gasteiger partial charge in [-0.3, -0.25) is 19.5 Å². The zero-order chi connectivity index (χ0) is 27.0. The molecule has 0 spiro atoms. The zero-order valence-corrected chi connectivity index (χ0v) is 21.7. The van der Waals surface area contributed by atoms with Gasteiger partial charge in [0.1, 0.15) is 11.5 Å². The summed E-state index contributed by atoms with van der Waals surface area (Å²) in [6.07, 6.45) is 1.64. The molecule has 38 heavy (non-hydrogen) atoms. The minimum Gasteiger partial charge on any atom is -0.463 e. The van der Waals surface area contributed by atoms with Crippen molar-refractivity contribution in [3.63, 3.8) is 0 Å². The Morgan fingerprint density at radius 1 is 1.18 bits per heavy atom. The normalized spacial score (nSPS) is 15.2. The van der Waals surface area contributed by atoms with E-state index in [9.17, 15) is 19.7 Å². The number of aromatic nitrogens is 1. The van der Waals surface area contributed by atoms with Crippen molar-refractivity contribution >= 4 is 29.1 Å². The summed E-state index contributed by atoms with van der Waals surface area (Å²) in [4.78, 5) is 42.2. The number of hydrogen-bond acceptors (Lipinski definition) is 8. The van der Waals surface area contributed by atoms with Crippen LogP contribution >= 0.6 is 11.3 Å². The lowest BCUT2D eigenvalue weighted by Crippen LogP contribution is -2.39.